The standard InChI is InChI=1S/C19H21N3O5/c1-26-18(23)15-4-2-3-14(9-15)17-20-10-16(11-21-17)27-12-13-5-7-22(8-6-13)19(24)25/h2-4,9-11,13H,5-8,12H2,1H3,(H,24,25). The fourth-order valence-electron chi connectivity index (χ4n) is 2.95. The quantitative estimate of drug-likeness (QED) is 0.806. The lowest BCUT2D eigenvalue weighted by Gasteiger charge is -2.29. The number of esters is 1. The highest BCUT2D eigenvalue weighted by atomic mass is 16.5. The molecule has 0 radical (unpaired) electrons. The normalized spacial score (nSPS) is 14.6. The molecule has 0 bridgehead atoms. The Labute approximate surface area is 156 Å². The average molecular weight is 371 g/mol. The minimum Gasteiger partial charge on any atom is -0.490 e. The van der Waals surface area contributed by atoms with Crippen LogP contribution in [0.25, 0.3) is 11.4 Å². The Kier molecular flexibility index (Phi) is 5.85. The van der Waals surface area contributed by atoms with Gasteiger partial charge in [0.05, 0.1) is 31.7 Å². The van der Waals surface area contributed by atoms with E-state index in [1.807, 2.05) is 6.07 Å². The van der Waals surface area contributed by atoms with Crippen molar-refractivity contribution in [3.63, 3.8) is 0 Å². The highest BCUT2D eigenvalue weighted by molar-refractivity contribution is 5.90. The number of nitrogens with zero attached hydrogens (tertiary/aromatic N) is 3. The molecule has 1 fully saturated rings. The number of ether oxygens (including phenoxy) is 2. The summed E-state index contributed by atoms with van der Waals surface area (Å²) in [6.07, 6.45) is 3.89. The van der Waals surface area contributed by atoms with E-state index in [9.17, 15) is 9.59 Å². The summed E-state index contributed by atoms with van der Waals surface area (Å²) in [5, 5.41) is 8.97. The number of benzene rings is 1. The van der Waals surface area contributed by atoms with Crippen LogP contribution in [0.4, 0.5) is 4.79 Å². The number of carbonyl (C=O) groups excluding carboxylic acids is 1. The van der Waals surface area contributed by atoms with E-state index in [1.165, 1.54) is 12.0 Å². The Balaban J connectivity index is 1.56. The van der Waals surface area contributed by atoms with Crippen molar-refractivity contribution in [3.8, 4) is 17.1 Å². The molecule has 1 N–H and O–H groups in total. The molecule has 2 heterocycles. The molecule has 1 aromatic carbocycles. The van der Waals surface area contributed by atoms with Crippen molar-refractivity contribution < 1.29 is 24.2 Å². The highest BCUT2D eigenvalue weighted by Gasteiger charge is 2.22. The Morgan fingerprint density at radius 2 is 1.93 bits per heavy atom. The van der Waals surface area contributed by atoms with Crippen LogP contribution < -0.4 is 4.74 Å². The van der Waals surface area contributed by atoms with Gasteiger partial charge in [0, 0.05) is 18.7 Å². The first-order valence-corrected chi connectivity index (χ1v) is 8.68. The summed E-state index contributed by atoms with van der Waals surface area (Å²) in [6.45, 7) is 1.58. The van der Waals surface area contributed by atoms with Gasteiger partial charge in [0.2, 0.25) is 0 Å². The third kappa shape index (κ3) is 4.72. The molecule has 1 aliphatic rings. The van der Waals surface area contributed by atoms with E-state index >= 15 is 0 Å². The molecule has 2 aromatic rings. The molecule has 8 nitrogen and oxygen atoms in total. The Hall–Kier alpha value is -3.16. The summed E-state index contributed by atoms with van der Waals surface area (Å²) in [5.74, 6) is 0.953. The molecule has 0 atom stereocenters. The Bertz CT molecular complexity index is 801. The summed E-state index contributed by atoms with van der Waals surface area (Å²) in [7, 11) is 1.34. The molecule has 1 aliphatic heterocycles. The van der Waals surface area contributed by atoms with Crippen LogP contribution in [0.1, 0.15) is 23.2 Å². The lowest BCUT2D eigenvalue weighted by molar-refractivity contribution is 0.0600. The minimum absolute atomic E-state index is 0.317. The van der Waals surface area contributed by atoms with Crippen molar-refractivity contribution in [3.05, 3.63) is 42.2 Å². The van der Waals surface area contributed by atoms with Gasteiger partial charge in [0.1, 0.15) is 0 Å². The van der Waals surface area contributed by atoms with Crippen LogP contribution in [0.15, 0.2) is 36.7 Å². The monoisotopic (exact) mass is 371 g/mol. The smallest absolute Gasteiger partial charge is 0.407 e. The van der Waals surface area contributed by atoms with E-state index < -0.39 is 12.1 Å². The highest BCUT2D eigenvalue weighted by Crippen LogP contribution is 2.21. The van der Waals surface area contributed by atoms with Crippen molar-refractivity contribution in [2.45, 2.75) is 12.8 Å². The predicted molar refractivity (Wildman–Crippen MR) is 96.6 cm³/mol. The molecule has 8 heteroatoms. The average Bonchev–Trinajstić information content (AvgIpc) is 2.72. The second kappa shape index (κ2) is 8.48. The van der Waals surface area contributed by atoms with Crippen LogP contribution in [0.3, 0.4) is 0 Å². The van der Waals surface area contributed by atoms with Crippen molar-refractivity contribution in [2.24, 2.45) is 5.92 Å². The number of hydrogen-bond donors (Lipinski definition) is 1. The van der Waals surface area contributed by atoms with Gasteiger partial charge >= 0.3 is 12.1 Å². The van der Waals surface area contributed by atoms with E-state index in [0.717, 1.165) is 12.8 Å². The van der Waals surface area contributed by atoms with Gasteiger partial charge in [-0.3, -0.25) is 0 Å². The summed E-state index contributed by atoms with van der Waals surface area (Å²) in [5.41, 5.74) is 1.15. The third-order valence-corrected chi connectivity index (χ3v) is 4.54. The van der Waals surface area contributed by atoms with Gasteiger partial charge in [-0.1, -0.05) is 12.1 Å². The summed E-state index contributed by atoms with van der Waals surface area (Å²) >= 11 is 0. The Morgan fingerprint density at radius 1 is 1.22 bits per heavy atom. The number of carboxylic acid groups (broad SMARTS) is 1. The van der Waals surface area contributed by atoms with Crippen molar-refractivity contribution in [2.75, 3.05) is 26.8 Å². The maximum atomic E-state index is 11.6. The van der Waals surface area contributed by atoms with Crippen molar-refractivity contribution >= 4 is 12.1 Å². The molecular weight excluding hydrogens is 350 g/mol. The van der Waals surface area contributed by atoms with Crippen molar-refractivity contribution in [1.82, 2.24) is 14.9 Å². The summed E-state index contributed by atoms with van der Waals surface area (Å²) in [6, 6.07) is 6.91. The first-order chi connectivity index (χ1) is 13.1. The molecule has 0 unspecified atom stereocenters. The van der Waals surface area contributed by atoms with Crippen LogP contribution in [0.5, 0.6) is 5.75 Å². The number of hydrogen-bond acceptors (Lipinski definition) is 6. The summed E-state index contributed by atoms with van der Waals surface area (Å²) in [4.78, 5) is 32.6. The fourth-order valence-corrected chi connectivity index (χ4v) is 2.95. The van der Waals surface area contributed by atoms with E-state index in [2.05, 4.69) is 9.97 Å². The van der Waals surface area contributed by atoms with Crippen LogP contribution >= 0.6 is 0 Å². The van der Waals surface area contributed by atoms with Crippen LogP contribution in [-0.4, -0.2) is 58.8 Å². The number of amides is 1. The number of likely N-dealkylation sites (tertiary alicyclic amines) is 1. The molecule has 0 aliphatic carbocycles. The number of piperidine rings is 1. The number of rotatable bonds is 5. The van der Waals surface area contributed by atoms with E-state index in [4.69, 9.17) is 14.6 Å². The van der Waals surface area contributed by atoms with Gasteiger partial charge in [-0.2, -0.15) is 0 Å². The van der Waals surface area contributed by atoms with Gasteiger partial charge in [-0.05, 0) is 30.9 Å². The summed E-state index contributed by atoms with van der Waals surface area (Å²) < 4.78 is 10.5. The maximum absolute atomic E-state index is 11.6. The van der Waals surface area contributed by atoms with Crippen LogP contribution in [0.2, 0.25) is 0 Å². The first kappa shape index (κ1) is 18.6. The van der Waals surface area contributed by atoms with E-state index in [1.54, 1.807) is 30.6 Å². The van der Waals surface area contributed by atoms with Gasteiger partial charge in [-0.15, -0.1) is 0 Å². The second-order valence-corrected chi connectivity index (χ2v) is 6.34. The minimum atomic E-state index is -0.866. The molecular formula is C19H21N3O5. The third-order valence-electron chi connectivity index (χ3n) is 4.54. The number of aromatic nitrogens is 2. The fraction of sp³-hybridized carbons (Fsp3) is 0.368. The van der Waals surface area contributed by atoms with Crippen molar-refractivity contribution in [1.29, 1.82) is 0 Å². The van der Waals surface area contributed by atoms with Crippen LogP contribution in [0, 0.1) is 5.92 Å². The molecule has 142 valence electrons. The zero-order valence-corrected chi connectivity index (χ0v) is 15.0. The number of methoxy groups -OCH3 is 1. The first-order valence-electron chi connectivity index (χ1n) is 8.68. The van der Waals surface area contributed by atoms with Gasteiger partial charge in [0.15, 0.2) is 11.6 Å². The molecule has 1 aromatic heterocycles. The zero-order chi connectivity index (χ0) is 19.2. The lowest BCUT2D eigenvalue weighted by Crippen LogP contribution is -2.38. The number of carbonyl (C=O) groups is 2. The molecule has 3 rings (SSSR count). The molecule has 0 spiro atoms. The van der Waals surface area contributed by atoms with Gasteiger partial charge in [-0.25, -0.2) is 19.6 Å². The molecule has 1 amide bonds. The SMILES string of the molecule is COC(=O)c1cccc(-c2ncc(OCC3CCN(C(=O)O)CC3)cn2)c1. The van der Waals surface area contributed by atoms with E-state index in [-0.39, 0.29) is 0 Å². The lowest BCUT2D eigenvalue weighted by atomic mass is 9.98. The van der Waals surface area contributed by atoms with E-state index in [0.29, 0.717) is 48.3 Å². The maximum Gasteiger partial charge on any atom is 0.407 e. The van der Waals surface area contributed by atoms with Gasteiger partial charge < -0.3 is 19.5 Å². The largest absolute Gasteiger partial charge is 0.490 e. The zero-order valence-electron chi connectivity index (χ0n) is 15.0. The van der Waals surface area contributed by atoms with Crippen LogP contribution in [-0.2, 0) is 4.74 Å². The predicted octanol–water partition coefficient (Wildman–Crippen LogP) is 2.70. The topological polar surface area (TPSA) is 102 Å². The molecule has 27 heavy (non-hydrogen) atoms. The van der Waals surface area contributed by atoms with Gasteiger partial charge in [0.25, 0.3) is 0 Å². The molecule has 1 saturated heterocycles. The molecule has 0 saturated carbocycles. The second-order valence-electron chi connectivity index (χ2n) is 6.34. The Morgan fingerprint density at radius 3 is 2.56 bits per heavy atom.